The molecule has 1 rings (SSSR count). The summed E-state index contributed by atoms with van der Waals surface area (Å²) in [5, 5.41) is 8.96. The monoisotopic (exact) mass is 227 g/mol. The minimum absolute atomic E-state index is 0.227. The molecular formula is C10H10ClNO3. The number of benzene rings is 1. The molecule has 0 aliphatic rings. The maximum atomic E-state index is 11.5. The molecule has 0 saturated carbocycles. The SMILES string of the molecule is N[C@@H](CC(=O)c1cccc(Cl)c1)C(=O)O. The van der Waals surface area contributed by atoms with Crippen LogP contribution in [0.2, 0.25) is 5.02 Å². The molecule has 0 spiro atoms. The van der Waals surface area contributed by atoms with E-state index in [0.717, 1.165) is 0 Å². The zero-order valence-electron chi connectivity index (χ0n) is 7.81. The lowest BCUT2D eigenvalue weighted by atomic mass is 10.0. The van der Waals surface area contributed by atoms with Crippen molar-refractivity contribution in [3.8, 4) is 0 Å². The number of hydrogen-bond acceptors (Lipinski definition) is 3. The second-order valence-corrected chi connectivity index (χ2v) is 3.52. The molecule has 0 bridgehead atoms. The van der Waals surface area contributed by atoms with Gasteiger partial charge in [0.2, 0.25) is 0 Å². The molecule has 80 valence electrons. The third-order valence-corrected chi connectivity index (χ3v) is 2.10. The highest BCUT2D eigenvalue weighted by Gasteiger charge is 2.17. The predicted molar refractivity (Wildman–Crippen MR) is 56.0 cm³/mol. The van der Waals surface area contributed by atoms with E-state index < -0.39 is 12.0 Å². The van der Waals surface area contributed by atoms with Crippen LogP contribution in [0.3, 0.4) is 0 Å². The van der Waals surface area contributed by atoms with Crippen molar-refractivity contribution in [2.75, 3.05) is 0 Å². The van der Waals surface area contributed by atoms with E-state index in [-0.39, 0.29) is 12.2 Å². The topological polar surface area (TPSA) is 80.4 Å². The Morgan fingerprint density at radius 2 is 2.13 bits per heavy atom. The molecule has 0 unspecified atom stereocenters. The highest BCUT2D eigenvalue weighted by Crippen LogP contribution is 2.12. The van der Waals surface area contributed by atoms with Crippen molar-refractivity contribution in [2.24, 2.45) is 5.73 Å². The molecule has 0 aromatic heterocycles. The zero-order chi connectivity index (χ0) is 11.4. The molecular weight excluding hydrogens is 218 g/mol. The normalized spacial score (nSPS) is 12.1. The van der Waals surface area contributed by atoms with Crippen molar-refractivity contribution in [2.45, 2.75) is 12.5 Å². The Balaban J connectivity index is 2.73. The number of carbonyl (C=O) groups is 2. The smallest absolute Gasteiger partial charge is 0.320 e. The van der Waals surface area contributed by atoms with Crippen molar-refractivity contribution in [1.82, 2.24) is 0 Å². The number of carbonyl (C=O) groups excluding carboxylic acids is 1. The first-order chi connectivity index (χ1) is 7.00. The fraction of sp³-hybridized carbons (Fsp3) is 0.200. The van der Waals surface area contributed by atoms with Crippen molar-refractivity contribution in [3.05, 3.63) is 34.9 Å². The van der Waals surface area contributed by atoms with E-state index in [1.807, 2.05) is 0 Å². The average molecular weight is 228 g/mol. The van der Waals surface area contributed by atoms with Crippen LogP contribution in [0.15, 0.2) is 24.3 Å². The minimum Gasteiger partial charge on any atom is -0.480 e. The highest BCUT2D eigenvalue weighted by atomic mass is 35.5. The largest absolute Gasteiger partial charge is 0.480 e. The van der Waals surface area contributed by atoms with Crippen LogP contribution in [0.5, 0.6) is 0 Å². The molecule has 15 heavy (non-hydrogen) atoms. The number of carboxylic acids is 1. The number of aliphatic carboxylic acids is 1. The highest BCUT2D eigenvalue weighted by molar-refractivity contribution is 6.31. The molecule has 0 heterocycles. The Morgan fingerprint density at radius 3 is 2.67 bits per heavy atom. The Bertz CT molecular complexity index is 392. The van der Waals surface area contributed by atoms with Crippen LogP contribution in [-0.2, 0) is 4.79 Å². The van der Waals surface area contributed by atoms with Crippen molar-refractivity contribution in [3.63, 3.8) is 0 Å². The van der Waals surface area contributed by atoms with Gasteiger partial charge in [0.05, 0.1) is 0 Å². The lowest BCUT2D eigenvalue weighted by Gasteiger charge is -2.05. The second-order valence-electron chi connectivity index (χ2n) is 3.08. The number of Topliss-reactive ketones (excluding diaryl/α,β-unsaturated/α-hetero) is 1. The van der Waals surface area contributed by atoms with Gasteiger partial charge in [-0.25, -0.2) is 0 Å². The summed E-state index contributed by atoms with van der Waals surface area (Å²) < 4.78 is 0. The van der Waals surface area contributed by atoms with E-state index in [1.54, 1.807) is 18.2 Å². The van der Waals surface area contributed by atoms with Crippen molar-refractivity contribution < 1.29 is 14.7 Å². The van der Waals surface area contributed by atoms with Crippen LogP contribution in [0, 0.1) is 0 Å². The van der Waals surface area contributed by atoms with Gasteiger partial charge < -0.3 is 10.8 Å². The van der Waals surface area contributed by atoms with Crippen LogP contribution in [0.1, 0.15) is 16.8 Å². The average Bonchev–Trinajstić information content (AvgIpc) is 2.17. The van der Waals surface area contributed by atoms with Gasteiger partial charge in [-0.2, -0.15) is 0 Å². The number of halogens is 1. The van der Waals surface area contributed by atoms with E-state index in [9.17, 15) is 9.59 Å². The molecule has 0 amide bonds. The van der Waals surface area contributed by atoms with E-state index in [2.05, 4.69) is 0 Å². The summed E-state index contributed by atoms with van der Waals surface area (Å²) in [6, 6.07) is 5.15. The first kappa shape index (κ1) is 11.7. The summed E-state index contributed by atoms with van der Waals surface area (Å²) in [5.74, 6) is -1.52. The first-order valence-corrected chi connectivity index (χ1v) is 4.65. The number of hydrogen-bond donors (Lipinski definition) is 2. The second kappa shape index (κ2) is 4.91. The van der Waals surface area contributed by atoms with Gasteiger partial charge in [-0.3, -0.25) is 9.59 Å². The summed E-state index contributed by atoms with van der Waals surface area (Å²) >= 11 is 5.69. The van der Waals surface area contributed by atoms with Gasteiger partial charge in [0, 0.05) is 17.0 Å². The summed E-state index contributed by atoms with van der Waals surface area (Å²) in [4.78, 5) is 21.9. The molecule has 0 radical (unpaired) electrons. The van der Waals surface area contributed by atoms with Gasteiger partial charge >= 0.3 is 5.97 Å². The van der Waals surface area contributed by atoms with Crippen LogP contribution in [0.4, 0.5) is 0 Å². The third kappa shape index (κ3) is 3.34. The number of carboxylic acid groups (broad SMARTS) is 1. The quantitative estimate of drug-likeness (QED) is 0.761. The summed E-state index contributed by atoms with van der Waals surface area (Å²) in [6.07, 6.45) is -0.227. The van der Waals surface area contributed by atoms with Crippen LogP contribution in [-0.4, -0.2) is 22.9 Å². The molecule has 0 fully saturated rings. The van der Waals surface area contributed by atoms with E-state index in [0.29, 0.717) is 10.6 Å². The van der Waals surface area contributed by atoms with Crippen molar-refractivity contribution >= 4 is 23.4 Å². The standard InChI is InChI=1S/C10H10ClNO3/c11-7-3-1-2-6(4-7)9(13)5-8(12)10(14)15/h1-4,8H,5,12H2,(H,14,15)/t8-/m0/s1. The maximum absolute atomic E-state index is 11.5. The molecule has 0 aliphatic carbocycles. The van der Waals surface area contributed by atoms with Crippen molar-refractivity contribution in [1.29, 1.82) is 0 Å². The number of ketones is 1. The Kier molecular flexibility index (Phi) is 3.82. The lowest BCUT2D eigenvalue weighted by molar-refractivity contribution is -0.138. The minimum atomic E-state index is -1.19. The Morgan fingerprint density at radius 1 is 1.47 bits per heavy atom. The fourth-order valence-corrected chi connectivity index (χ4v) is 1.26. The van der Waals surface area contributed by atoms with E-state index >= 15 is 0 Å². The molecule has 1 aromatic carbocycles. The molecule has 1 atom stereocenters. The fourth-order valence-electron chi connectivity index (χ4n) is 1.07. The first-order valence-electron chi connectivity index (χ1n) is 4.28. The molecule has 5 heteroatoms. The van der Waals surface area contributed by atoms with E-state index in [4.69, 9.17) is 22.4 Å². The molecule has 0 aliphatic heterocycles. The van der Waals surface area contributed by atoms with Gasteiger partial charge in [0.15, 0.2) is 5.78 Å². The van der Waals surface area contributed by atoms with Crippen LogP contribution >= 0.6 is 11.6 Å². The number of nitrogens with two attached hydrogens (primary N) is 1. The Hall–Kier alpha value is -1.39. The summed E-state index contributed by atoms with van der Waals surface area (Å²) in [7, 11) is 0. The maximum Gasteiger partial charge on any atom is 0.320 e. The van der Waals surface area contributed by atoms with Crippen LogP contribution in [0.25, 0.3) is 0 Å². The molecule has 4 nitrogen and oxygen atoms in total. The third-order valence-electron chi connectivity index (χ3n) is 1.87. The van der Waals surface area contributed by atoms with Gasteiger partial charge in [-0.1, -0.05) is 23.7 Å². The van der Waals surface area contributed by atoms with Gasteiger partial charge in [0.25, 0.3) is 0 Å². The summed E-state index contributed by atoms with van der Waals surface area (Å²) in [6.45, 7) is 0. The zero-order valence-corrected chi connectivity index (χ0v) is 8.57. The van der Waals surface area contributed by atoms with Crippen LogP contribution < -0.4 is 5.73 Å². The molecule has 3 N–H and O–H groups in total. The van der Waals surface area contributed by atoms with Gasteiger partial charge in [0.1, 0.15) is 6.04 Å². The van der Waals surface area contributed by atoms with Gasteiger partial charge in [-0.05, 0) is 12.1 Å². The van der Waals surface area contributed by atoms with Gasteiger partial charge in [-0.15, -0.1) is 0 Å². The molecule has 0 saturated heterocycles. The molecule has 1 aromatic rings. The predicted octanol–water partition coefficient (Wildman–Crippen LogP) is 1.32. The number of rotatable bonds is 4. The summed E-state index contributed by atoms with van der Waals surface area (Å²) in [5.41, 5.74) is 5.61. The Labute approximate surface area is 91.7 Å². The van der Waals surface area contributed by atoms with E-state index in [1.165, 1.54) is 6.07 Å². The lowest BCUT2D eigenvalue weighted by Crippen LogP contribution is -2.32.